The molecule has 1 aliphatic rings. The number of unbranched alkanes of at least 4 members (excludes halogenated alkanes) is 2. The van der Waals surface area contributed by atoms with Gasteiger partial charge in [-0.3, -0.25) is 9.59 Å². The van der Waals surface area contributed by atoms with Gasteiger partial charge in [0.2, 0.25) is 5.91 Å². The molecular formula is C15H21NO3S. The molecule has 1 amide bonds. The van der Waals surface area contributed by atoms with E-state index >= 15 is 0 Å². The van der Waals surface area contributed by atoms with Crippen LogP contribution < -0.4 is 0 Å². The highest BCUT2D eigenvalue weighted by Gasteiger charge is 2.30. The molecule has 0 saturated carbocycles. The first-order valence-electron chi connectivity index (χ1n) is 7.20. The van der Waals surface area contributed by atoms with Gasteiger partial charge in [-0.1, -0.05) is 12.5 Å². The smallest absolute Gasteiger partial charge is 0.308 e. The van der Waals surface area contributed by atoms with E-state index in [0.717, 1.165) is 25.7 Å². The van der Waals surface area contributed by atoms with Gasteiger partial charge in [0.15, 0.2) is 0 Å². The number of carbonyl (C=O) groups excluding carboxylic acids is 1. The van der Waals surface area contributed by atoms with E-state index in [0.29, 0.717) is 25.9 Å². The minimum Gasteiger partial charge on any atom is -0.481 e. The summed E-state index contributed by atoms with van der Waals surface area (Å²) >= 11 is 1.78. The lowest BCUT2D eigenvalue weighted by atomic mass is 10.1. The van der Waals surface area contributed by atoms with Crippen LogP contribution in [0.2, 0.25) is 0 Å². The molecule has 2 heterocycles. The summed E-state index contributed by atoms with van der Waals surface area (Å²) in [5.41, 5.74) is 0. The van der Waals surface area contributed by atoms with Crippen LogP contribution in [0.15, 0.2) is 17.5 Å². The quantitative estimate of drug-likeness (QED) is 0.787. The normalized spacial score (nSPS) is 18.4. The van der Waals surface area contributed by atoms with Crippen molar-refractivity contribution in [3.05, 3.63) is 22.4 Å². The Morgan fingerprint density at radius 3 is 2.85 bits per heavy atom. The molecule has 1 fully saturated rings. The number of hydrogen-bond donors (Lipinski definition) is 1. The molecular weight excluding hydrogens is 274 g/mol. The number of aliphatic carboxylic acids is 1. The third-order valence-corrected chi connectivity index (χ3v) is 4.72. The Labute approximate surface area is 123 Å². The Bertz CT molecular complexity index is 444. The number of hydrogen-bond acceptors (Lipinski definition) is 3. The number of nitrogens with zero attached hydrogens (tertiary/aromatic N) is 1. The number of carbonyl (C=O) groups is 2. The van der Waals surface area contributed by atoms with Crippen LogP contribution in [0.3, 0.4) is 0 Å². The van der Waals surface area contributed by atoms with Gasteiger partial charge in [0.1, 0.15) is 0 Å². The Hall–Kier alpha value is -1.36. The second-order valence-corrected chi connectivity index (χ2v) is 6.34. The summed E-state index contributed by atoms with van der Waals surface area (Å²) in [6.07, 6.45) is 5.32. The van der Waals surface area contributed by atoms with Gasteiger partial charge >= 0.3 is 5.97 Å². The third kappa shape index (κ3) is 4.34. The van der Waals surface area contributed by atoms with Crippen LogP contribution in [0.4, 0.5) is 0 Å². The summed E-state index contributed by atoms with van der Waals surface area (Å²) in [6.45, 7) is 0.994. The maximum atomic E-state index is 11.9. The molecule has 5 heteroatoms. The van der Waals surface area contributed by atoms with Crippen LogP contribution in [0, 0.1) is 5.92 Å². The van der Waals surface area contributed by atoms with Crippen molar-refractivity contribution in [3.63, 3.8) is 0 Å². The Kier molecular flexibility index (Phi) is 5.59. The van der Waals surface area contributed by atoms with Crippen molar-refractivity contribution in [1.82, 2.24) is 4.90 Å². The van der Waals surface area contributed by atoms with Crippen molar-refractivity contribution in [2.45, 2.75) is 38.5 Å². The van der Waals surface area contributed by atoms with Crippen LogP contribution in [-0.4, -0.2) is 35.0 Å². The number of aryl methyl sites for hydroxylation is 1. The average molecular weight is 295 g/mol. The Balaban J connectivity index is 1.57. The predicted molar refractivity (Wildman–Crippen MR) is 78.8 cm³/mol. The molecule has 0 radical (unpaired) electrons. The van der Waals surface area contributed by atoms with E-state index in [-0.39, 0.29) is 11.8 Å². The van der Waals surface area contributed by atoms with Crippen molar-refractivity contribution in [2.24, 2.45) is 5.92 Å². The maximum absolute atomic E-state index is 11.9. The van der Waals surface area contributed by atoms with Crippen molar-refractivity contribution >= 4 is 23.2 Å². The van der Waals surface area contributed by atoms with Crippen LogP contribution in [0.25, 0.3) is 0 Å². The van der Waals surface area contributed by atoms with Gasteiger partial charge in [0.05, 0.1) is 5.92 Å². The molecule has 1 aromatic heterocycles. The number of carboxylic acid groups (broad SMARTS) is 1. The lowest BCUT2D eigenvalue weighted by Crippen LogP contribution is -2.29. The molecule has 1 atom stereocenters. The van der Waals surface area contributed by atoms with Gasteiger partial charge in [-0.25, -0.2) is 0 Å². The summed E-state index contributed by atoms with van der Waals surface area (Å²) in [4.78, 5) is 25.9. The zero-order valence-corrected chi connectivity index (χ0v) is 12.4. The maximum Gasteiger partial charge on any atom is 0.308 e. The van der Waals surface area contributed by atoms with Crippen molar-refractivity contribution in [1.29, 1.82) is 0 Å². The molecule has 2 rings (SSSR count). The Morgan fingerprint density at radius 1 is 1.35 bits per heavy atom. The van der Waals surface area contributed by atoms with E-state index in [2.05, 4.69) is 17.5 Å². The van der Waals surface area contributed by atoms with Gasteiger partial charge in [-0.05, 0) is 37.1 Å². The van der Waals surface area contributed by atoms with Gasteiger partial charge in [-0.2, -0.15) is 0 Å². The van der Waals surface area contributed by atoms with Crippen molar-refractivity contribution in [3.8, 4) is 0 Å². The SMILES string of the molecule is O=C(O)C1CCN(C(=O)CCCCCc2cccs2)C1. The van der Waals surface area contributed by atoms with Crippen molar-refractivity contribution < 1.29 is 14.7 Å². The fourth-order valence-electron chi connectivity index (χ4n) is 2.55. The number of carboxylic acids is 1. The highest BCUT2D eigenvalue weighted by molar-refractivity contribution is 7.09. The summed E-state index contributed by atoms with van der Waals surface area (Å²) in [5, 5.41) is 11.0. The topological polar surface area (TPSA) is 57.6 Å². The molecule has 0 aliphatic carbocycles. The van der Waals surface area contributed by atoms with E-state index in [9.17, 15) is 9.59 Å². The van der Waals surface area contributed by atoms with Crippen LogP contribution >= 0.6 is 11.3 Å². The zero-order chi connectivity index (χ0) is 14.4. The van der Waals surface area contributed by atoms with Gasteiger partial charge in [-0.15, -0.1) is 11.3 Å². The fourth-order valence-corrected chi connectivity index (χ4v) is 3.30. The van der Waals surface area contributed by atoms with E-state index in [4.69, 9.17) is 5.11 Å². The largest absolute Gasteiger partial charge is 0.481 e. The lowest BCUT2D eigenvalue weighted by molar-refractivity contribution is -0.141. The predicted octanol–water partition coefficient (Wildman–Crippen LogP) is 2.78. The van der Waals surface area contributed by atoms with Crippen LogP contribution in [0.1, 0.15) is 37.0 Å². The first kappa shape index (κ1) is 15.0. The summed E-state index contributed by atoms with van der Waals surface area (Å²) in [5.74, 6) is -1.03. The van der Waals surface area contributed by atoms with Crippen LogP contribution in [0.5, 0.6) is 0 Å². The molecule has 110 valence electrons. The minimum atomic E-state index is -0.781. The molecule has 1 saturated heterocycles. The number of rotatable bonds is 7. The van der Waals surface area contributed by atoms with E-state index < -0.39 is 5.97 Å². The second-order valence-electron chi connectivity index (χ2n) is 5.30. The standard InChI is InChI=1S/C15H21NO3S/c17-14(16-9-8-12(11-16)15(18)19)7-3-1-2-5-13-6-4-10-20-13/h4,6,10,12H,1-3,5,7-9,11H2,(H,18,19). The molecule has 1 N–H and O–H groups in total. The van der Waals surface area contributed by atoms with Gasteiger partial charge in [0, 0.05) is 24.4 Å². The van der Waals surface area contributed by atoms with Gasteiger partial charge in [0.25, 0.3) is 0 Å². The summed E-state index contributed by atoms with van der Waals surface area (Å²) in [6, 6.07) is 4.21. The fraction of sp³-hybridized carbons (Fsp3) is 0.600. The first-order chi connectivity index (χ1) is 9.66. The molecule has 1 unspecified atom stereocenters. The van der Waals surface area contributed by atoms with E-state index in [1.807, 2.05) is 0 Å². The first-order valence-corrected chi connectivity index (χ1v) is 8.08. The minimum absolute atomic E-state index is 0.116. The lowest BCUT2D eigenvalue weighted by Gasteiger charge is -2.15. The third-order valence-electron chi connectivity index (χ3n) is 3.78. The average Bonchev–Trinajstić information content (AvgIpc) is 3.09. The second kappa shape index (κ2) is 7.43. The van der Waals surface area contributed by atoms with Gasteiger partial charge < -0.3 is 10.0 Å². The highest BCUT2D eigenvalue weighted by Crippen LogP contribution is 2.18. The van der Waals surface area contributed by atoms with Crippen LogP contribution in [-0.2, 0) is 16.0 Å². The molecule has 1 aliphatic heterocycles. The summed E-state index contributed by atoms with van der Waals surface area (Å²) < 4.78 is 0. The molecule has 1 aromatic rings. The number of likely N-dealkylation sites (tertiary alicyclic amines) is 1. The number of amides is 1. The molecule has 4 nitrogen and oxygen atoms in total. The molecule has 20 heavy (non-hydrogen) atoms. The Morgan fingerprint density at radius 2 is 2.20 bits per heavy atom. The monoisotopic (exact) mass is 295 g/mol. The molecule has 0 bridgehead atoms. The zero-order valence-electron chi connectivity index (χ0n) is 11.6. The summed E-state index contributed by atoms with van der Waals surface area (Å²) in [7, 11) is 0. The molecule has 0 spiro atoms. The van der Waals surface area contributed by atoms with E-state index in [1.54, 1.807) is 16.2 Å². The van der Waals surface area contributed by atoms with Crippen molar-refractivity contribution in [2.75, 3.05) is 13.1 Å². The molecule has 0 aromatic carbocycles. The number of thiophene rings is 1. The highest BCUT2D eigenvalue weighted by atomic mass is 32.1. The van der Waals surface area contributed by atoms with E-state index in [1.165, 1.54) is 4.88 Å².